The van der Waals surface area contributed by atoms with Crippen LogP contribution in [0.2, 0.25) is 0 Å². The first-order chi connectivity index (χ1) is 12.0. The minimum Gasteiger partial charge on any atom is -0.494 e. The van der Waals surface area contributed by atoms with Gasteiger partial charge in [-0.05, 0) is 55.6 Å². The number of aromatic nitrogens is 3. The average molecular weight is 380 g/mol. The fourth-order valence-corrected chi connectivity index (χ4v) is 2.77. The minimum atomic E-state index is -0.296. The molecule has 0 fully saturated rings. The average Bonchev–Trinajstić information content (AvgIpc) is 2.94. The van der Waals surface area contributed by atoms with E-state index >= 15 is 0 Å². The first-order valence-corrected chi connectivity index (χ1v) is 9.34. The van der Waals surface area contributed by atoms with Crippen molar-refractivity contribution in [2.45, 2.75) is 32.3 Å². The highest BCUT2D eigenvalue weighted by Gasteiger charge is 2.12. The maximum absolute atomic E-state index is 12.3. The van der Waals surface area contributed by atoms with Crippen LogP contribution in [0, 0.1) is 6.92 Å². The highest BCUT2D eigenvalue weighted by molar-refractivity contribution is 7.99. The van der Waals surface area contributed by atoms with Gasteiger partial charge in [0, 0.05) is 5.56 Å². The van der Waals surface area contributed by atoms with E-state index in [4.69, 9.17) is 17.0 Å². The maximum Gasteiger partial charge on any atom is 0.257 e. The molecule has 0 aliphatic heterocycles. The van der Waals surface area contributed by atoms with Gasteiger partial charge in [0.1, 0.15) is 11.6 Å². The number of rotatable bonds is 7. The third-order valence-electron chi connectivity index (χ3n) is 3.10. The lowest BCUT2D eigenvalue weighted by Crippen LogP contribution is -2.38. The Hall–Kier alpha value is -2.13. The third-order valence-corrected chi connectivity index (χ3v) is 4.10. The Bertz CT molecular complexity index is 731. The summed E-state index contributed by atoms with van der Waals surface area (Å²) in [6, 6.07) is 6.93. The Morgan fingerprint density at radius 3 is 2.64 bits per heavy atom. The number of carbonyl (C=O) groups excluding carboxylic acids is 1. The molecule has 1 aromatic heterocycles. The highest BCUT2D eigenvalue weighted by atomic mass is 32.2. The molecule has 2 rings (SSSR count). The van der Waals surface area contributed by atoms with Crippen LogP contribution in [0.25, 0.3) is 0 Å². The number of nitrogens with zero attached hydrogens (tertiary/aromatic N) is 3. The van der Waals surface area contributed by atoms with Crippen LogP contribution in [0.15, 0.2) is 29.4 Å². The van der Waals surface area contributed by atoms with Crippen molar-refractivity contribution in [2.24, 2.45) is 0 Å². The van der Waals surface area contributed by atoms with E-state index in [0.717, 1.165) is 17.9 Å². The second kappa shape index (κ2) is 9.38. The van der Waals surface area contributed by atoms with Crippen LogP contribution in [-0.2, 0) is 0 Å². The van der Waals surface area contributed by atoms with Gasteiger partial charge in [0.15, 0.2) is 5.11 Å². The van der Waals surface area contributed by atoms with E-state index in [9.17, 15) is 4.79 Å². The monoisotopic (exact) mass is 379 g/mol. The molecule has 0 saturated carbocycles. The molecular weight excluding hydrogens is 358 g/mol. The molecule has 0 bridgehead atoms. The zero-order valence-corrected chi connectivity index (χ0v) is 16.0. The van der Waals surface area contributed by atoms with Gasteiger partial charge in [-0.15, -0.1) is 10.2 Å². The number of hydrogen-bond donors (Lipinski definition) is 2. The largest absolute Gasteiger partial charge is 0.494 e. The highest BCUT2D eigenvalue weighted by Crippen LogP contribution is 2.15. The number of aryl methyl sites for hydroxylation is 1. The molecule has 0 atom stereocenters. The van der Waals surface area contributed by atoms with E-state index in [2.05, 4.69) is 20.9 Å². The van der Waals surface area contributed by atoms with E-state index in [1.54, 1.807) is 35.9 Å². The van der Waals surface area contributed by atoms with Crippen LogP contribution >= 0.6 is 24.0 Å². The summed E-state index contributed by atoms with van der Waals surface area (Å²) in [5, 5.41) is 11.6. The van der Waals surface area contributed by atoms with E-state index in [-0.39, 0.29) is 11.0 Å². The van der Waals surface area contributed by atoms with Gasteiger partial charge in [-0.2, -0.15) is 0 Å². The minimum absolute atomic E-state index is 0.178. The van der Waals surface area contributed by atoms with Crippen molar-refractivity contribution in [1.29, 1.82) is 0 Å². The number of thiocarbonyl (C=S) groups is 1. The zero-order valence-electron chi connectivity index (χ0n) is 14.4. The predicted octanol–water partition coefficient (Wildman–Crippen LogP) is 2.75. The van der Waals surface area contributed by atoms with Crippen molar-refractivity contribution < 1.29 is 9.53 Å². The molecular formula is C16H21N5O2S2. The Kier molecular flexibility index (Phi) is 7.20. The van der Waals surface area contributed by atoms with Crippen molar-refractivity contribution >= 4 is 35.0 Å². The fourth-order valence-electron chi connectivity index (χ4n) is 1.92. The summed E-state index contributed by atoms with van der Waals surface area (Å²) >= 11 is 6.74. The van der Waals surface area contributed by atoms with E-state index in [0.29, 0.717) is 23.2 Å². The lowest BCUT2D eigenvalue weighted by molar-refractivity contribution is 0.0977. The van der Waals surface area contributed by atoms with E-state index < -0.39 is 0 Å². The predicted molar refractivity (Wildman–Crippen MR) is 103 cm³/mol. The quantitative estimate of drug-likeness (QED) is 0.565. The Labute approximate surface area is 156 Å². The van der Waals surface area contributed by atoms with Crippen LogP contribution in [0.5, 0.6) is 5.75 Å². The first kappa shape index (κ1) is 19.2. The number of hydrogen-bond acceptors (Lipinski definition) is 6. The Morgan fingerprint density at radius 1 is 1.28 bits per heavy atom. The summed E-state index contributed by atoms with van der Waals surface area (Å²) in [4.78, 5) is 12.3. The SMILES string of the molecule is CCCOc1ccc(C(=O)NC(=S)Nn2c(C)nnc2SCC)cc1. The van der Waals surface area contributed by atoms with Crippen molar-refractivity contribution in [1.82, 2.24) is 20.2 Å². The zero-order chi connectivity index (χ0) is 18.2. The van der Waals surface area contributed by atoms with Crippen LogP contribution < -0.4 is 15.5 Å². The summed E-state index contributed by atoms with van der Waals surface area (Å²) in [6.07, 6.45) is 0.934. The second-order valence-corrected chi connectivity index (χ2v) is 6.71. The standard InChI is InChI=1S/C16H21N5O2S2/c1-4-10-23-13-8-6-12(7-9-13)14(22)17-15(24)20-21-11(3)18-19-16(21)25-5-2/h6-9H,4-5,10H2,1-3H3,(H2,17,20,22,24). The van der Waals surface area contributed by atoms with Crippen molar-refractivity contribution in [3.05, 3.63) is 35.7 Å². The molecule has 1 heterocycles. The molecule has 9 heteroatoms. The molecule has 0 aliphatic carbocycles. The molecule has 1 aromatic carbocycles. The van der Waals surface area contributed by atoms with E-state index in [1.807, 2.05) is 13.8 Å². The topological polar surface area (TPSA) is 81.1 Å². The lowest BCUT2D eigenvalue weighted by atomic mass is 10.2. The van der Waals surface area contributed by atoms with Gasteiger partial charge >= 0.3 is 0 Å². The summed E-state index contributed by atoms with van der Waals surface area (Å²) in [7, 11) is 0. The van der Waals surface area contributed by atoms with Crippen molar-refractivity contribution in [3.63, 3.8) is 0 Å². The van der Waals surface area contributed by atoms with Crippen LogP contribution in [-0.4, -0.2) is 38.3 Å². The molecule has 7 nitrogen and oxygen atoms in total. The Balaban J connectivity index is 1.96. The number of carbonyl (C=O) groups is 1. The fraction of sp³-hybridized carbons (Fsp3) is 0.375. The number of benzene rings is 1. The molecule has 0 saturated heterocycles. The number of nitrogens with one attached hydrogen (secondary N) is 2. The summed E-state index contributed by atoms with van der Waals surface area (Å²) < 4.78 is 7.15. The normalized spacial score (nSPS) is 10.4. The molecule has 25 heavy (non-hydrogen) atoms. The molecule has 0 spiro atoms. The third kappa shape index (κ3) is 5.43. The summed E-state index contributed by atoms with van der Waals surface area (Å²) in [5.41, 5.74) is 3.43. The first-order valence-electron chi connectivity index (χ1n) is 7.95. The van der Waals surface area contributed by atoms with Gasteiger partial charge in [-0.3, -0.25) is 15.5 Å². The second-order valence-electron chi connectivity index (χ2n) is 5.07. The molecule has 2 aromatic rings. The van der Waals surface area contributed by atoms with E-state index in [1.165, 1.54) is 11.8 Å². The van der Waals surface area contributed by atoms with Gasteiger partial charge < -0.3 is 4.74 Å². The molecule has 0 aliphatic rings. The van der Waals surface area contributed by atoms with Gasteiger partial charge in [-0.1, -0.05) is 25.6 Å². The molecule has 0 radical (unpaired) electrons. The van der Waals surface area contributed by atoms with Gasteiger partial charge in [-0.25, -0.2) is 4.68 Å². The number of thioether (sulfide) groups is 1. The molecule has 0 unspecified atom stereocenters. The van der Waals surface area contributed by atoms with Crippen molar-refractivity contribution in [3.8, 4) is 5.75 Å². The smallest absolute Gasteiger partial charge is 0.257 e. The van der Waals surface area contributed by atoms with Crippen LogP contribution in [0.3, 0.4) is 0 Å². The molecule has 1 amide bonds. The molecule has 2 N–H and O–H groups in total. The number of ether oxygens (including phenoxy) is 1. The van der Waals surface area contributed by atoms with Gasteiger partial charge in [0.2, 0.25) is 5.16 Å². The molecule has 134 valence electrons. The maximum atomic E-state index is 12.3. The van der Waals surface area contributed by atoms with Gasteiger partial charge in [0.25, 0.3) is 5.91 Å². The Morgan fingerprint density at radius 2 is 2.00 bits per heavy atom. The summed E-state index contributed by atoms with van der Waals surface area (Å²) in [5.74, 6) is 1.95. The van der Waals surface area contributed by atoms with Crippen LogP contribution in [0.1, 0.15) is 36.5 Å². The summed E-state index contributed by atoms with van der Waals surface area (Å²) in [6.45, 7) is 6.51. The van der Waals surface area contributed by atoms with Crippen LogP contribution in [0.4, 0.5) is 0 Å². The number of amides is 1. The van der Waals surface area contributed by atoms with Crippen molar-refractivity contribution in [2.75, 3.05) is 17.8 Å². The van der Waals surface area contributed by atoms with Gasteiger partial charge in [0.05, 0.1) is 6.61 Å². The lowest BCUT2D eigenvalue weighted by Gasteiger charge is -2.13.